The zero-order valence-corrected chi connectivity index (χ0v) is 15.8. The number of amides is 2. The van der Waals surface area contributed by atoms with Crippen LogP contribution in [0.4, 0.5) is 5.69 Å². The number of carboxylic acids is 1. The van der Waals surface area contributed by atoms with Gasteiger partial charge in [0.25, 0.3) is 5.91 Å². The fourth-order valence-electron chi connectivity index (χ4n) is 2.47. The molecule has 1 aliphatic rings. The zero-order chi connectivity index (χ0) is 20.0. The summed E-state index contributed by atoms with van der Waals surface area (Å²) in [5.74, 6) is -1.95. The van der Waals surface area contributed by atoms with Gasteiger partial charge in [0, 0.05) is 25.9 Å². The topological polar surface area (TPSA) is 108 Å². The summed E-state index contributed by atoms with van der Waals surface area (Å²) in [4.78, 5) is 36.0. The van der Waals surface area contributed by atoms with Gasteiger partial charge in [0.2, 0.25) is 5.91 Å². The first-order chi connectivity index (χ1) is 12.7. The van der Waals surface area contributed by atoms with Crippen molar-refractivity contribution in [3.63, 3.8) is 0 Å². The molecule has 0 fully saturated rings. The van der Waals surface area contributed by atoms with Crippen LogP contribution in [-0.4, -0.2) is 46.9 Å². The molecule has 146 valence electrons. The Bertz CT molecular complexity index is 725. The van der Waals surface area contributed by atoms with Crippen LogP contribution < -0.4 is 10.3 Å². The third-order valence-electron chi connectivity index (χ3n) is 3.84. The fourth-order valence-corrected chi connectivity index (χ4v) is 2.47. The highest BCUT2D eigenvalue weighted by molar-refractivity contribution is 6.40. The van der Waals surface area contributed by atoms with Crippen LogP contribution in [0.15, 0.2) is 35.4 Å². The van der Waals surface area contributed by atoms with E-state index in [1.165, 1.54) is 5.01 Å². The van der Waals surface area contributed by atoms with E-state index in [1.54, 1.807) is 24.3 Å². The summed E-state index contributed by atoms with van der Waals surface area (Å²) in [7, 11) is 0. The molecule has 8 heteroatoms. The minimum absolute atomic E-state index is 0.126. The van der Waals surface area contributed by atoms with Gasteiger partial charge in [0.15, 0.2) is 0 Å². The Hall–Kier alpha value is -2.74. The Morgan fingerprint density at radius 1 is 1.26 bits per heavy atom. The van der Waals surface area contributed by atoms with Crippen molar-refractivity contribution in [3.8, 4) is 0 Å². The number of carbonyl (C=O) groups is 3. The molecule has 0 saturated carbocycles. The van der Waals surface area contributed by atoms with Gasteiger partial charge in [0.1, 0.15) is 11.8 Å². The second-order valence-corrected chi connectivity index (χ2v) is 7.20. The maximum absolute atomic E-state index is 12.5. The highest BCUT2D eigenvalue weighted by Crippen LogP contribution is 2.19. The van der Waals surface area contributed by atoms with E-state index < -0.39 is 23.5 Å². The first kappa shape index (κ1) is 20.6. The first-order valence-corrected chi connectivity index (χ1v) is 8.80. The molecule has 1 unspecified atom stereocenters. The highest BCUT2D eigenvalue weighted by atomic mass is 16.5. The quantitative estimate of drug-likeness (QED) is 0.757. The minimum atomic E-state index is -1.15. The molecule has 0 aliphatic carbocycles. The summed E-state index contributed by atoms with van der Waals surface area (Å²) < 4.78 is 5.53. The summed E-state index contributed by atoms with van der Waals surface area (Å²) in [5, 5.41) is 17.1. The number of rotatable bonds is 7. The van der Waals surface area contributed by atoms with E-state index in [9.17, 15) is 19.5 Å². The number of anilines is 1. The Morgan fingerprint density at radius 2 is 1.93 bits per heavy atom. The van der Waals surface area contributed by atoms with Crippen molar-refractivity contribution in [1.29, 1.82) is 0 Å². The van der Waals surface area contributed by atoms with Crippen molar-refractivity contribution in [2.45, 2.75) is 51.7 Å². The predicted octanol–water partition coefficient (Wildman–Crippen LogP) is 1.94. The molecule has 1 aromatic carbocycles. The lowest BCUT2D eigenvalue weighted by Crippen LogP contribution is -2.46. The van der Waals surface area contributed by atoms with Crippen molar-refractivity contribution in [1.82, 2.24) is 5.32 Å². The molecule has 1 aliphatic heterocycles. The molecule has 2 N–H and O–H groups in total. The van der Waals surface area contributed by atoms with E-state index in [1.807, 2.05) is 26.8 Å². The number of hydrazone groups is 1. The second-order valence-electron chi connectivity index (χ2n) is 7.20. The van der Waals surface area contributed by atoms with E-state index in [-0.39, 0.29) is 37.5 Å². The predicted molar refractivity (Wildman–Crippen MR) is 100 cm³/mol. The number of para-hydroxylation sites is 1. The van der Waals surface area contributed by atoms with Gasteiger partial charge in [-0.1, -0.05) is 18.2 Å². The van der Waals surface area contributed by atoms with Crippen molar-refractivity contribution in [2.75, 3.05) is 11.6 Å². The number of carbonyl (C=O) groups excluding carboxylic acids is 2. The van der Waals surface area contributed by atoms with Gasteiger partial charge in [0.05, 0.1) is 11.3 Å². The van der Waals surface area contributed by atoms with Crippen molar-refractivity contribution in [2.24, 2.45) is 5.10 Å². The maximum atomic E-state index is 12.5. The SMILES string of the molecule is CC(C)(C)OCCC(NC(=O)C1=NN(c2ccccc2)C(=O)CC1)C(=O)O. The molecule has 0 bridgehead atoms. The lowest BCUT2D eigenvalue weighted by Gasteiger charge is -2.24. The average Bonchev–Trinajstić information content (AvgIpc) is 2.60. The number of nitrogens with zero attached hydrogens (tertiary/aromatic N) is 2. The first-order valence-electron chi connectivity index (χ1n) is 8.80. The Balaban J connectivity index is 2.06. The van der Waals surface area contributed by atoms with E-state index in [0.29, 0.717) is 5.69 Å². The number of benzene rings is 1. The third kappa shape index (κ3) is 6.18. The van der Waals surface area contributed by atoms with E-state index >= 15 is 0 Å². The van der Waals surface area contributed by atoms with Crippen LogP contribution in [0.1, 0.15) is 40.0 Å². The molecule has 2 amide bonds. The molecule has 0 aromatic heterocycles. The highest BCUT2D eigenvalue weighted by Gasteiger charge is 2.28. The summed E-state index contributed by atoms with van der Waals surface area (Å²) in [6.07, 6.45) is 0.428. The molecule has 1 aromatic rings. The molecular formula is C19H25N3O5. The largest absolute Gasteiger partial charge is 0.480 e. The van der Waals surface area contributed by atoms with Crippen molar-refractivity contribution in [3.05, 3.63) is 30.3 Å². The van der Waals surface area contributed by atoms with Crippen molar-refractivity contribution < 1.29 is 24.2 Å². The minimum Gasteiger partial charge on any atom is -0.480 e. The summed E-state index contributed by atoms with van der Waals surface area (Å²) in [6.45, 7) is 5.80. The molecule has 2 rings (SSSR count). The summed E-state index contributed by atoms with van der Waals surface area (Å²) in [6, 6.07) is 7.68. The van der Waals surface area contributed by atoms with Crippen LogP contribution in [0.2, 0.25) is 0 Å². The zero-order valence-electron chi connectivity index (χ0n) is 15.8. The van der Waals surface area contributed by atoms with Gasteiger partial charge in [-0.15, -0.1) is 0 Å². The Labute approximate surface area is 158 Å². The Kier molecular flexibility index (Phi) is 6.68. The molecule has 8 nitrogen and oxygen atoms in total. The lowest BCUT2D eigenvalue weighted by molar-refractivity contribution is -0.142. The van der Waals surface area contributed by atoms with E-state index in [0.717, 1.165) is 0 Å². The molecule has 0 radical (unpaired) electrons. The molecule has 1 heterocycles. The van der Waals surface area contributed by atoms with Gasteiger partial charge in [-0.25, -0.2) is 9.80 Å². The van der Waals surface area contributed by atoms with E-state index in [4.69, 9.17) is 4.74 Å². The van der Waals surface area contributed by atoms with Gasteiger partial charge in [-0.05, 0) is 32.9 Å². The smallest absolute Gasteiger partial charge is 0.326 e. The van der Waals surface area contributed by atoms with Crippen molar-refractivity contribution >= 4 is 29.2 Å². The van der Waals surface area contributed by atoms with Crippen LogP contribution >= 0.6 is 0 Å². The number of ether oxygens (including phenoxy) is 1. The third-order valence-corrected chi connectivity index (χ3v) is 3.84. The Morgan fingerprint density at radius 3 is 2.52 bits per heavy atom. The second kappa shape index (κ2) is 8.77. The molecule has 0 spiro atoms. The van der Waals surface area contributed by atoms with Crippen LogP contribution in [0.25, 0.3) is 0 Å². The normalized spacial score (nSPS) is 15.9. The summed E-state index contributed by atoms with van der Waals surface area (Å²) >= 11 is 0. The summed E-state index contributed by atoms with van der Waals surface area (Å²) in [5.41, 5.74) is 0.291. The average molecular weight is 375 g/mol. The number of carboxylic acid groups (broad SMARTS) is 1. The lowest BCUT2D eigenvalue weighted by atomic mass is 10.1. The monoisotopic (exact) mass is 375 g/mol. The number of nitrogens with one attached hydrogen (secondary N) is 1. The standard InChI is InChI=1S/C19H25N3O5/c1-19(2,3)27-12-11-15(18(25)26)20-17(24)14-9-10-16(23)22(21-14)13-7-5-4-6-8-13/h4-8,15H,9-12H2,1-3H3,(H,20,24)(H,25,26). The number of hydrogen-bond acceptors (Lipinski definition) is 5. The van der Waals surface area contributed by atoms with Crippen LogP contribution in [-0.2, 0) is 19.1 Å². The number of aliphatic carboxylic acids is 1. The fraction of sp³-hybridized carbons (Fsp3) is 0.474. The maximum Gasteiger partial charge on any atom is 0.326 e. The van der Waals surface area contributed by atoms with E-state index in [2.05, 4.69) is 10.4 Å². The van der Waals surface area contributed by atoms with Gasteiger partial charge < -0.3 is 15.2 Å². The molecular weight excluding hydrogens is 350 g/mol. The van der Waals surface area contributed by atoms with Gasteiger partial charge in [-0.3, -0.25) is 9.59 Å². The molecule has 0 saturated heterocycles. The van der Waals surface area contributed by atoms with Crippen LogP contribution in [0.3, 0.4) is 0 Å². The van der Waals surface area contributed by atoms with Gasteiger partial charge in [-0.2, -0.15) is 5.10 Å². The van der Waals surface area contributed by atoms with Crippen LogP contribution in [0.5, 0.6) is 0 Å². The van der Waals surface area contributed by atoms with Crippen LogP contribution in [0, 0.1) is 0 Å². The molecule has 1 atom stereocenters. The molecule has 27 heavy (non-hydrogen) atoms. The van der Waals surface area contributed by atoms with Gasteiger partial charge >= 0.3 is 5.97 Å². The number of hydrogen-bond donors (Lipinski definition) is 2.